The minimum atomic E-state index is -1.96. The van der Waals surface area contributed by atoms with E-state index in [1.165, 1.54) is 11.9 Å². The highest BCUT2D eigenvalue weighted by atomic mass is 35.5. The van der Waals surface area contributed by atoms with E-state index < -0.39 is 51.1 Å². The van der Waals surface area contributed by atoms with E-state index in [-0.39, 0.29) is 24.5 Å². The molecule has 2 heterocycles. The summed E-state index contributed by atoms with van der Waals surface area (Å²) in [5.41, 5.74) is 1.36. The van der Waals surface area contributed by atoms with Crippen LogP contribution >= 0.6 is 34.8 Å². The molecule has 3 aromatic rings. The summed E-state index contributed by atoms with van der Waals surface area (Å²) in [6, 6.07) is 17.2. The summed E-state index contributed by atoms with van der Waals surface area (Å²) in [5, 5.41) is 13.3. The number of benzene rings is 3. The molecular formula is C31H23Cl3N2O5. The van der Waals surface area contributed by atoms with E-state index >= 15 is 0 Å². The molecule has 3 fully saturated rings. The van der Waals surface area contributed by atoms with Gasteiger partial charge in [-0.05, 0) is 48.4 Å². The molecule has 2 aliphatic heterocycles. The number of phenolic OH excluding ortho intramolecular Hbond substituents is 1. The summed E-state index contributed by atoms with van der Waals surface area (Å²) in [6.45, 7) is 0. The molecule has 10 heteroatoms. The third-order valence-electron chi connectivity index (χ3n) is 9.34. The number of imide groups is 2. The van der Waals surface area contributed by atoms with E-state index in [0.29, 0.717) is 27.2 Å². The first kappa shape index (κ1) is 26.5. The lowest BCUT2D eigenvalue weighted by Gasteiger charge is -2.50. The van der Waals surface area contributed by atoms with Gasteiger partial charge in [0, 0.05) is 28.9 Å². The summed E-state index contributed by atoms with van der Waals surface area (Å²) in [6.07, 6.45) is 1.97. The predicted molar refractivity (Wildman–Crippen MR) is 155 cm³/mol. The van der Waals surface area contributed by atoms with Crippen LogP contribution < -0.4 is 4.90 Å². The minimum absolute atomic E-state index is 0.0813. The van der Waals surface area contributed by atoms with Crippen molar-refractivity contribution >= 4 is 74.9 Å². The Morgan fingerprint density at radius 2 is 1.59 bits per heavy atom. The fourth-order valence-electron chi connectivity index (χ4n) is 7.44. The lowest BCUT2D eigenvalue weighted by molar-refractivity contribution is -0.138. The molecule has 6 atom stereocenters. The van der Waals surface area contributed by atoms with E-state index in [4.69, 9.17) is 34.8 Å². The van der Waals surface area contributed by atoms with Gasteiger partial charge in [-0.3, -0.25) is 29.0 Å². The Balaban J connectivity index is 1.42. The molecule has 208 valence electrons. The number of carbonyl (C=O) groups is 4. The van der Waals surface area contributed by atoms with Crippen LogP contribution in [0, 0.1) is 17.8 Å². The number of alkyl halides is 2. The highest BCUT2D eigenvalue weighted by molar-refractivity contribution is 6.53. The van der Waals surface area contributed by atoms with Gasteiger partial charge >= 0.3 is 0 Å². The molecule has 4 aliphatic rings. The topological polar surface area (TPSA) is 95.0 Å². The second kappa shape index (κ2) is 8.81. The quantitative estimate of drug-likeness (QED) is 0.239. The molecule has 0 radical (unpaired) electrons. The van der Waals surface area contributed by atoms with E-state index in [9.17, 15) is 24.3 Å². The number of hydrogen-bond donors (Lipinski definition) is 1. The van der Waals surface area contributed by atoms with Gasteiger partial charge in [-0.1, -0.05) is 59.6 Å². The first-order valence-electron chi connectivity index (χ1n) is 13.2. The highest BCUT2D eigenvalue weighted by Gasteiger charge is 2.76. The molecule has 7 nitrogen and oxygen atoms in total. The molecule has 7 rings (SSSR count). The Bertz CT molecular complexity index is 1740. The molecule has 2 saturated heterocycles. The number of anilines is 1. The number of rotatable bonds is 2. The van der Waals surface area contributed by atoms with Crippen LogP contribution in [0.4, 0.5) is 5.69 Å². The third kappa shape index (κ3) is 3.28. The molecule has 4 amide bonds. The van der Waals surface area contributed by atoms with Crippen LogP contribution in [0.3, 0.4) is 0 Å². The Labute approximate surface area is 250 Å². The number of aromatic hydroxyl groups is 1. The van der Waals surface area contributed by atoms with E-state index in [1.807, 2.05) is 24.3 Å². The Hall–Kier alpha value is -3.39. The van der Waals surface area contributed by atoms with Crippen molar-refractivity contribution in [1.82, 2.24) is 4.90 Å². The molecule has 41 heavy (non-hydrogen) atoms. The maximum atomic E-state index is 14.0. The average Bonchev–Trinajstić information content (AvgIpc) is 3.29. The summed E-state index contributed by atoms with van der Waals surface area (Å²) >= 11 is 20.5. The minimum Gasteiger partial charge on any atom is -0.507 e. The lowest BCUT2D eigenvalue weighted by Crippen LogP contribution is -2.60. The van der Waals surface area contributed by atoms with Gasteiger partial charge in [-0.2, -0.15) is 0 Å². The van der Waals surface area contributed by atoms with Crippen molar-refractivity contribution in [2.24, 2.45) is 17.8 Å². The summed E-state index contributed by atoms with van der Waals surface area (Å²) in [5.74, 6) is -5.38. The first-order chi connectivity index (χ1) is 19.5. The maximum absolute atomic E-state index is 14.0. The van der Waals surface area contributed by atoms with Gasteiger partial charge in [0.25, 0.3) is 11.8 Å². The van der Waals surface area contributed by atoms with E-state index in [0.717, 1.165) is 10.3 Å². The van der Waals surface area contributed by atoms with Crippen molar-refractivity contribution in [1.29, 1.82) is 0 Å². The van der Waals surface area contributed by atoms with Crippen LogP contribution in [0.5, 0.6) is 5.75 Å². The molecule has 1 N–H and O–H groups in total. The van der Waals surface area contributed by atoms with Crippen LogP contribution in [-0.2, 0) is 19.2 Å². The van der Waals surface area contributed by atoms with Crippen molar-refractivity contribution in [2.45, 2.75) is 28.5 Å². The maximum Gasteiger partial charge on any atom is 0.253 e. The molecule has 3 aromatic carbocycles. The smallest absolute Gasteiger partial charge is 0.253 e. The van der Waals surface area contributed by atoms with Gasteiger partial charge in [0.1, 0.15) is 5.75 Å². The summed E-state index contributed by atoms with van der Waals surface area (Å²) < 4.78 is 0. The Morgan fingerprint density at radius 1 is 0.878 bits per heavy atom. The number of carbonyl (C=O) groups excluding carboxylic acids is 4. The number of phenols is 1. The van der Waals surface area contributed by atoms with Crippen LogP contribution in [-0.4, -0.2) is 50.4 Å². The lowest BCUT2D eigenvalue weighted by atomic mass is 9.56. The Kier molecular flexibility index (Phi) is 5.69. The second-order valence-electron chi connectivity index (χ2n) is 11.2. The van der Waals surface area contributed by atoms with Crippen LogP contribution in [0.2, 0.25) is 5.02 Å². The summed E-state index contributed by atoms with van der Waals surface area (Å²) in [4.78, 5) is 53.2. The SMILES string of the molecule is CN1C(=O)[C@]2(Cl)C[C@@H]3C(=CC[C@@H]4C(=O)N(c5ccc(Cl)cc5)C(=O)[C@@H]43)[C@H](c3ccc4ccccc4c3O)[C@]2(Cl)C1=O. The zero-order chi connectivity index (χ0) is 29.0. The number of likely N-dealkylation sites (tertiary alicyclic amines) is 1. The van der Waals surface area contributed by atoms with Crippen LogP contribution in [0.25, 0.3) is 10.8 Å². The normalized spacial score (nSPS) is 32.7. The third-order valence-corrected chi connectivity index (χ3v) is 11.0. The summed E-state index contributed by atoms with van der Waals surface area (Å²) in [7, 11) is 1.34. The van der Waals surface area contributed by atoms with Gasteiger partial charge in [0.05, 0.1) is 17.5 Å². The monoisotopic (exact) mass is 608 g/mol. The second-order valence-corrected chi connectivity index (χ2v) is 12.9. The first-order valence-corrected chi connectivity index (χ1v) is 14.4. The fourth-order valence-corrected chi connectivity index (χ4v) is 8.58. The van der Waals surface area contributed by atoms with Gasteiger partial charge in [0.15, 0.2) is 9.75 Å². The number of hydrogen-bond acceptors (Lipinski definition) is 5. The van der Waals surface area contributed by atoms with Crippen LogP contribution in [0.1, 0.15) is 24.3 Å². The van der Waals surface area contributed by atoms with Crippen molar-refractivity contribution < 1.29 is 24.3 Å². The highest BCUT2D eigenvalue weighted by Crippen LogP contribution is 2.66. The molecule has 0 unspecified atom stereocenters. The number of amides is 4. The van der Waals surface area contributed by atoms with Crippen molar-refractivity contribution in [3.8, 4) is 5.75 Å². The van der Waals surface area contributed by atoms with Gasteiger partial charge < -0.3 is 5.11 Å². The van der Waals surface area contributed by atoms with E-state index in [2.05, 4.69) is 0 Å². The largest absolute Gasteiger partial charge is 0.507 e. The van der Waals surface area contributed by atoms with Crippen molar-refractivity contribution in [2.75, 3.05) is 11.9 Å². The molecule has 0 aromatic heterocycles. The molecule has 2 aliphatic carbocycles. The molecule has 0 bridgehead atoms. The number of fused-ring (bicyclic) bond motifs is 5. The number of nitrogens with zero attached hydrogens (tertiary/aromatic N) is 2. The van der Waals surface area contributed by atoms with Gasteiger partial charge in [0.2, 0.25) is 11.8 Å². The molecular weight excluding hydrogens is 587 g/mol. The van der Waals surface area contributed by atoms with E-state index in [1.54, 1.807) is 42.5 Å². The standard InChI is InChI=1S/C31H23Cl3N2O5/c1-35-28(40)30(33)14-22-19(12-13-20-23(22)27(39)36(26(20)38)17-9-7-16(32)8-10-17)24(31(30,34)29(35)41)21-11-6-15-4-2-3-5-18(15)25(21)37/h2-12,20,22-24,37H,13-14H2,1H3/t20-,22+,23-,24+,30+,31-/m0/s1. The molecule has 1 saturated carbocycles. The molecule has 0 spiro atoms. The zero-order valence-corrected chi connectivity index (χ0v) is 24.0. The average molecular weight is 610 g/mol. The van der Waals surface area contributed by atoms with Crippen LogP contribution in [0.15, 0.2) is 72.3 Å². The Morgan fingerprint density at radius 3 is 2.32 bits per heavy atom. The number of allylic oxidation sites excluding steroid dienone is 2. The van der Waals surface area contributed by atoms with Crippen molar-refractivity contribution in [3.05, 3.63) is 82.9 Å². The van der Waals surface area contributed by atoms with Gasteiger partial charge in [-0.25, -0.2) is 0 Å². The fraction of sp³-hybridized carbons (Fsp3) is 0.290. The predicted octanol–water partition coefficient (Wildman–Crippen LogP) is 5.39. The number of halogens is 3. The zero-order valence-electron chi connectivity index (χ0n) is 21.7. The van der Waals surface area contributed by atoms with Gasteiger partial charge in [-0.15, -0.1) is 23.2 Å². The van der Waals surface area contributed by atoms with Crippen molar-refractivity contribution in [3.63, 3.8) is 0 Å².